The third kappa shape index (κ3) is 3.35. The first-order valence-corrected chi connectivity index (χ1v) is 7.01. The van der Waals surface area contributed by atoms with Crippen LogP contribution in [-0.2, 0) is 0 Å². The fourth-order valence-electron chi connectivity index (χ4n) is 2.43. The van der Waals surface area contributed by atoms with Gasteiger partial charge < -0.3 is 9.84 Å². The molecule has 0 aliphatic carbocycles. The van der Waals surface area contributed by atoms with Crippen molar-refractivity contribution in [3.8, 4) is 11.5 Å². The Hall–Kier alpha value is -1.76. The highest BCUT2D eigenvalue weighted by molar-refractivity contribution is 5.94. The fraction of sp³-hybridized carbons (Fsp3) is 0.400. The summed E-state index contributed by atoms with van der Waals surface area (Å²) in [6, 6.07) is 7.34. The average Bonchev–Trinajstić information content (AvgIpc) is 2.97. The monoisotopic (exact) mass is 322 g/mol. The molecule has 6 nitrogen and oxygen atoms in total. The molecular weight excluding hydrogens is 304 g/mol. The Bertz CT molecular complexity index is 641. The lowest BCUT2D eigenvalue weighted by atomic mass is 10.1. The zero-order valence-electron chi connectivity index (χ0n) is 12.6. The third-order valence-electron chi connectivity index (χ3n) is 3.79. The summed E-state index contributed by atoms with van der Waals surface area (Å²) in [5.41, 5.74) is 1.50. The van der Waals surface area contributed by atoms with Crippen LogP contribution in [0.2, 0.25) is 0 Å². The summed E-state index contributed by atoms with van der Waals surface area (Å²) in [5.74, 6) is 1.22. The van der Waals surface area contributed by atoms with E-state index in [4.69, 9.17) is 4.52 Å². The highest BCUT2D eigenvalue weighted by Gasteiger charge is 2.25. The second-order valence-corrected chi connectivity index (χ2v) is 5.29. The van der Waals surface area contributed by atoms with Crippen LogP contribution >= 0.6 is 12.4 Å². The second-order valence-electron chi connectivity index (χ2n) is 5.29. The molecule has 1 fully saturated rings. The van der Waals surface area contributed by atoms with Gasteiger partial charge >= 0.3 is 0 Å². The summed E-state index contributed by atoms with van der Waals surface area (Å²) in [7, 11) is 2.06. The molecule has 0 bridgehead atoms. The standard InChI is InChI=1S/C15H18N4O2.ClH/c1-10(20)11-3-5-12(6-4-11)15-17-14(18-21-15)13-9-16-7-8-19(13)2;/h3-6,13,16H,7-9H2,1-2H3;1H. The molecule has 1 atom stereocenters. The van der Waals surface area contributed by atoms with E-state index in [0.29, 0.717) is 17.3 Å². The van der Waals surface area contributed by atoms with Gasteiger partial charge in [-0.25, -0.2) is 0 Å². The number of nitrogens with one attached hydrogen (secondary N) is 1. The van der Waals surface area contributed by atoms with Gasteiger partial charge in [0.25, 0.3) is 5.89 Å². The van der Waals surface area contributed by atoms with E-state index in [1.807, 2.05) is 12.1 Å². The van der Waals surface area contributed by atoms with Gasteiger partial charge in [0.1, 0.15) is 0 Å². The number of Topliss-reactive ketones (excluding diaryl/α,β-unsaturated/α-hetero) is 1. The van der Waals surface area contributed by atoms with Crippen LogP contribution in [0.5, 0.6) is 0 Å². The van der Waals surface area contributed by atoms with Gasteiger partial charge in [-0.3, -0.25) is 9.69 Å². The van der Waals surface area contributed by atoms with E-state index in [0.717, 1.165) is 25.2 Å². The molecule has 22 heavy (non-hydrogen) atoms. The minimum atomic E-state index is 0. The summed E-state index contributed by atoms with van der Waals surface area (Å²) in [5, 5.41) is 7.42. The van der Waals surface area contributed by atoms with Crippen LogP contribution in [-0.4, -0.2) is 47.5 Å². The number of ketones is 1. The van der Waals surface area contributed by atoms with Gasteiger partial charge in [-0.15, -0.1) is 12.4 Å². The van der Waals surface area contributed by atoms with Crippen molar-refractivity contribution >= 4 is 18.2 Å². The first-order valence-electron chi connectivity index (χ1n) is 7.01. The number of rotatable bonds is 3. The van der Waals surface area contributed by atoms with Crippen molar-refractivity contribution in [2.75, 3.05) is 26.7 Å². The molecule has 1 saturated heterocycles. The predicted octanol–water partition coefficient (Wildman–Crippen LogP) is 1.94. The van der Waals surface area contributed by atoms with Crippen LogP contribution in [0.25, 0.3) is 11.5 Å². The lowest BCUT2D eigenvalue weighted by Gasteiger charge is -2.30. The molecule has 7 heteroatoms. The van der Waals surface area contributed by atoms with Crippen LogP contribution in [0.15, 0.2) is 28.8 Å². The van der Waals surface area contributed by atoms with Crippen molar-refractivity contribution in [2.24, 2.45) is 0 Å². The van der Waals surface area contributed by atoms with Gasteiger partial charge in [-0.05, 0) is 26.1 Å². The highest BCUT2D eigenvalue weighted by Crippen LogP contribution is 2.23. The molecule has 1 aromatic carbocycles. The maximum Gasteiger partial charge on any atom is 0.257 e. The largest absolute Gasteiger partial charge is 0.334 e. The molecule has 0 amide bonds. The van der Waals surface area contributed by atoms with E-state index in [1.165, 1.54) is 0 Å². The first kappa shape index (κ1) is 16.6. The molecule has 0 saturated carbocycles. The van der Waals surface area contributed by atoms with E-state index < -0.39 is 0 Å². The average molecular weight is 323 g/mol. The number of carbonyl (C=O) groups excluding carboxylic acids is 1. The SMILES string of the molecule is CC(=O)c1ccc(-c2nc(C3CNCCN3C)no2)cc1.Cl. The Balaban J connectivity index is 0.00000176. The van der Waals surface area contributed by atoms with E-state index in [1.54, 1.807) is 19.1 Å². The molecule has 0 spiro atoms. The van der Waals surface area contributed by atoms with Crippen molar-refractivity contribution in [2.45, 2.75) is 13.0 Å². The summed E-state index contributed by atoms with van der Waals surface area (Å²) in [6.07, 6.45) is 0. The molecule has 1 aliphatic rings. The quantitative estimate of drug-likeness (QED) is 0.871. The predicted molar refractivity (Wildman–Crippen MR) is 85.2 cm³/mol. The highest BCUT2D eigenvalue weighted by atomic mass is 35.5. The molecule has 0 radical (unpaired) electrons. The molecule has 1 aliphatic heterocycles. The lowest BCUT2D eigenvalue weighted by Crippen LogP contribution is -2.44. The molecule has 118 valence electrons. The van der Waals surface area contributed by atoms with E-state index in [2.05, 4.69) is 27.4 Å². The minimum Gasteiger partial charge on any atom is -0.334 e. The Morgan fingerprint density at radius 2 is 2.09 bits per heavy atom. The van der Waals surface area contributed by atoms with Crippen LogP contribution in [0.1, 0.15) is 29.1 Å². The number of benzene rings is 1. The number of aromatic nitrogens is 2. The van der Waals surface area contributed by atoms with Crippen molar-refractivity contribution in [1.82, 2.24) is 20.4 Å². The van der Waals surface area contributed by atoms with Gasteiger partial charge in [0.2, 0.25) is 0 Å². The molecule has 1 aromatic heterocycles. The van der Waals surface area contributed by atoms with Crippen LogP contribution < -0.4 is 5.32 Å². The van der Waals surface area contributed by atoms with Crippen molar-refractivity contribution in [1.29, 1.82) is 0 Å². The normalized spacial score (nSPS) is 18.7. The molecule has 2 heterocycles. The zero-order valence-corrected chi connectivity index (χ0v) is 13.4. The fourth-order valence-corrected chi connectivity index (χ4v) is 2.43. The summed E-state index contributed by atoms with van der Waals surface area (Å²) < 4.78 is 5.35. The van der Waals surface area contributed by atoms with Crippen LogP contribution in [0.4, 0.5) is 0 Å². The summed E-state index contributed by atoms with van der Waals surface area (Å²) >= 11 is 0. The van der Waals surface area contributed by atoms with E-state index in [-0.39, 0.29) is 24.2 Å². The maximum atomic E-state index is 11.3. The Morgan fingerprint density at radius 3 is 2.73 bits per heavy atom. The van der Waals surface area contributed by atoms with Gasteiger partial charge in [0.15, 0.2) is 11.6 Å². The maximum absolute atomic E-state index is 11.3. The molecule has 2 aromatic rings. The lowest BCUT2D eigenvalue weighted by molar-refractivity contribution is 0.101. The molecule has 1 unspecified atom stereocenters. The first-order chi connectivity index (χ1) is 10.1. The van der Waals surface area contributed by atoms with Gasteiger partial charge in [0.05, 0.1) is 6.04 Å². The molecule has 3 rings (SSSR count). The van der Waals surface area contributed by atoms with E-state index >= 15 is 0 Å². The van der Waals surface area contributed by atoms with Gasteiger partial charge in [-0.1, -0.05) is 17.3 Å². The molecule has 1 N–H and O–H groups in total. The summed E-state index contributed by atoms with van der Waals surface area (Å²) in [4.78, 5) is 18.0. The van der Waals surface area contributed by atoms with Crippen LogP contribution in [0, 0.1) is 0 Å². The third-order valence-corrected chi connectivity index (χ3v) is 3.79. The van der Waals surface area contributed by atoms with Gasteiger partial charge in [-0.2, -0.15) is 4.98 Å². The molecular formula is C15H19ClN4O2. The van der Waals surface area contributed by atoms with Crippen molar-refractivity contribution in [3.63, 3.8) is 0 Å². The number of halogens is 1. The Morgan fingerprint density at radius 1 is 1.36 bits per heavy atom. The number of piperazine rings is 1. The zero-order chi connectivity index (χ0) is 14.8. The number of carbonyl (C=O) groups is 1. The Labute approximate surface area is 135 Å². The minimum absolute atomic E-state index is 0. The second kappa shape index (κ2) is 7.00. The number of hydrogen-bond donors (Lipinski definition) is 1. The van der Waals surface area contributed by atoms with Crippen molar-refractivity contribution < 1.29 is 9.32 Å². The Kier molecular flexibility index (Phi) is 5.28. The van der Waals surface area contributed by atoms with Crippen LogP contribution in [0.3, 0.4) is 0 Å². The smallest absolute Gasteiger partial charge is 0.257 e. The number of nitrogens with zero attached hydrogens (tertiary/aromatic N) is 3. The van der Waals surface area contributed by atoms with Gasteiger partial charge in [0, 0.05) is 30.8 Å². The van der Waals surface area contributed by atoms with Crippen molar-refractivity contribution in [3.05, 3.63) is 35.7 Å². The number of hydrogen-bond acceptors (Lipinski definition) is 6. The summed E-state index contributed by atoms with van der Waals surface area (Å²) in [6.45, 7) is 4.30. The number of likely N-dealkylation sites (N-methyl/N-ethyl adjacent to an activating group) is 1. The van der Waals surface area contributed by atoms with E-state index in [9.17, 15) is 4.79 Å². The topological polar surface area (TPSA) is 71.3 Å².